The average molecular weight is 294 g/mol. The van der Waals surface area contributed by atoms with E-state index in [0.717, 1.165) is 16.4 Å². The Bertz CT molecular complexity index is 243. The Labute approximate surface area is 100.0 Å². The van der Waals surface area contributed by atoms with Crippen molar-refractivity contribution < 1.29 is 22.4 Å². The summed E-state index contributed by atoms with van der Waals surface area (Å²) >= 11 is 6.09. The maximum absolute atomic E-state index is 6.09. The van der Waals surface area contributed by atoms with Crippen LogP contribution in [0.15, 0.2) is 0 Å². The van der Waals surface area contributed by atoms with Crippen molar-refractivity contribution in [2.75, 3.05) is 0 Å². The third kappa shape index (κ3) is 2.85. The molecule has 0 aliphatic rings. The molecule has 0 spiro atoms. The minimum Gasteiger partial charge on any atom is -0.577 e. The minimum atomic E-state index is 0. The molecule has 0 unspecified atom stereocenters. The van der Waals surface area contributed by atoms with Crippen LogP contribution in [0, 0.1) is 0 Å². The molecule has 78 valence electrons. The second kappa shape index (κ2) is 5.20. The summed E-state index contributed by atoms with van der Waals surface area (Å²) in [6.45, 7) is 8.28. The van der Waals surface area contributed by atoms with Gasteiger partial charge in [-0.15, -0.1) is 5.69 Å². The quantitative estimate of drug-likeness (QED) is 0.784. The smallest absolute Gasteiger partial charge is 0.577 e. The second-order valence-electron chi connectivity index (χ2n) is 3.59. The van der Waals surface area contributed by atoms with E-state index in [1.807, 2.05) is 0 Å². The number of hydrogen-bond acceptors (Lipinski definition) is 1. The van der Waals surface area contributed by atoms with E-state index in [1.165, 1.54) is 0 Å². The zero-order chi connectivity index (χ0) is 9.30. The van der Waals surface area contributed by atoms with Crippen LogP contribution in [-0.2, 0) is 22.4 Å². The standard InChI is InChI=1S/C9H14ClN2.Ag/c1-5(2)8-7(10)9(6(3)4)12-11-8;/h5-6H,1-4H3;/q-1;+1. The SMILES string of the molecule is CC(C)c1n[n-]c(C(C)C)c1Cl.[Ag+]. The molecule has 1 aromatic rings. The number of hydrogen-bond donors (Lipinski definition) is 0. The molecule has 0 radical (unpaired) electrons. The first kappa shape index (κ1) is 13.2. The topological polar surface area (TPSA) is 27.0 Å². The molecule has 0 saturated heterocycles. The molecule has 0 aliphatic heterocycles. The molecule has 4 heteroatoms. The van der Waals surface area contributed by atoms with Gasteiger partial charge in [0.1, 0.15) is 0 Å². The summed E-state index contributed by atoms with van der Waals surface area (Å²) in [6, 6.07) is 0. The maximum atomic E-state index is 6.09. The van der Waals surface area contributed by atoms with Crippen molar-refractivity contribution in [2.24, 2.45) is 0 Å². The van der Waals surface area contributed by atoms with Gasteiger partial charge in [-0.3, -0.25) is 0 Å². The van der Waals surface area contributed by atoms with Crippen LogP contribution in [0.5, 0.6) is 0 Å². The van der Waals surface area contributed by atoms with E-state index in [2.05, 4.69) is 37.9 Å². The van der Waals surface area contributed by atoms with Gasteiger partial charge >= 0.3 is 22.4 Å². The fourth-order valence-corrected chi connectivity index (χ4v) is 1.58. The van der Waals surface area contributed by atoms with Gasteiger partial charge in [-0.2, -0.15) is 0 Å². The zero-order valence-electron chi connectivity index (χ0n) is 8.23. The Balaban J connectivity index is 0.00000144. The summed E-state index contributed by atoms with van der Waals surface area (Å²) in [7, 11) is 0. The van der Waals surface area contributed by atoms with Gasteiger partial charge in [0, 0.05) is 10.7 Å². The number of aromatic nitrogens is 2. The van der Waals surface area contributed by atoms with Crippen LogP contribution in [0.2, 0.25) is 5.02 Å². The summed E-state index contributed by atoms with van der Waals surface area (Å²) in [5, 5.41) is 8.86. The number of halogens is 1. The van der Waals surface area contributed by atoms with Gasteiger partial charge in [0.05, 0.1) is 0 Å². The van der Waals surface area contributed by atoms with Crippen molar-refractivity contribution in [3.8, 4) is 0 Å². The van der Waals surface area contributed by atoms with Crippen LogP contribution in [0.1, 0.15) is 50.9 Å². The molecule has 13 heavy (non-hydrogen) atoms. The van der Waals surface area contributed by atoms with Gasteiger partial charge in [-0.25, -0.2) is 0 Å². The fourth-order valence-electron chi connectivity index (χ4n) is 1.06. The molecule has 0 aromatic carbocycles. The van der Waals surface area contributed by atoms with Gasteiger partial charge in [-0.1, -0.05) is 39.3 Å². The van der Waals surface area contributed by atoms with Crippen molar-refractivity contribution in [2.45, 2.75) is 39.5 Å². The third-order valence-corrected chi connectivity index (χ3v) is 2.20. The maximum Gasteiger partial charge on any atom is 1.00 e. The largest absolute Gasteiger partial charge is 1.00 e. The predicted molar refractivity (Wildman–Crippen MR) is 50.7 cm³/mol. The van der Waals surface area contributed by atoms with Gasteiger partial charge in [0.2, 0.25) is 0 Å². The molecular weight excluding hydrogens is 279 g/mol. The van der Waals surface area contributed by atoms with Crippen molar-refractivity contribution in [3.05, 3.63) is 16.4 Å². The first-order chi connectivity index (χ1) is 5.54. The molecule has 1 heterocycles. The second-order valence-corrected chi connectivity index (χ2v) is 3.97. The first-order valence-electron chi connectivity index (χ1n) is 4.22. The van der Waals surface area contributed by atoms with Gasteiger partial charge in [0.25, 0.3) is 0 Å². The minimum absolute atomic E-state index is 0. The molecule has 0 atom stereocenters. The van der Waals surface area contributed by atoms with Crippen LogP contribution in [0.3, 0.4) is 0 Å². The Hall–Kier alpha value is 0.240. The molecule has 0 fully saturated rings. The van der Waals surface area contributed by atoms with Crippen LogP contribution in [0.25, 0.3) is 0 Å². The molecule has 0 bridgehead atoms. The van der Waals surface area contributed by atoms with Gasteiger partial charge in [-0.05, 0) is 11.8 Å². The van der Waals surface area contributed by atoms with E-state index in [0.29, 0.717) is 11.8 Å². The third-order valence-electron chi connectivity index (χ3n) is 1.81. The molecule has 1 rings (SSSR count). The Morgan fingerprint density at radius 1 is 1.15 bits per heavy atom. The zero-order valence-corrected chi connectivity index (χ0v) is 10.5. The number of rotatable bonds is 2. The normalized spacial score (nSPS) is 10.7. The van der Waals surface area contributed by atoms with Crippen molar-refractivity contribution >= 4 is 11.6 Å². The monoisotopic (exact) mass is 292 g/mol. The Morgan fingerprint density at radius 3 is 1.92 bits per heavy atom. The summed E-state index contributed by atoms with van der Waals surface area (Å²) < 4.78 is 0. The van der Waals surface area contributed by atoms with E-state index in [-0.39, 0.29) is 22.4 Å². The molecule has 0 aliphatic carbocycles. The van der Waals surface area contributed by atoms with Crippen molar-refractivity contribution in [1.82, 2.24) is 10.2 Å². The predicted octanol–water partition coefficient (Wildman–Crippen LogP) is 2.94. The van der Waals surface area contributed by atoms with Crippen LogP contribution < -0.4 is 5.10 Å². The van der Waals surface area contributed by atoms with Crippen LogP contribution in [-0.4, -0.2) is 5.10 Å². The molecule has 1 aromatic heterocycles. The van der Waals surface area contributed by atoms with Crippen molar-refractivity contribution in [3.63, 3.8) is 0 Å². The molecule has 0 N–H and O–H groups in total. The molecule has 0 amide bonds. The van der Waals surface area contributed by atoms with Gasteiger partial charge < -0.3 is 10.2 Å². The van der Waals surface area contributed by atoms with E-state index < -0.39 is 0 Å². The van der Waals surface area contributed by atoms with Crippen molar-refractivity contribution in [1.29, 1.82) is 0 Å². The molecule has 2 nitrogen and oxygen atoms in total. The first-order valence-corrected chi connectivity index (χ1v) is 4.60. The number of nitrogens with zero attached hydrogens (tertiary/aromatic N) is 2. The molecule has 0 saturated carbocycles. The Kier molecular flexibility index (Phi) is 5.30. The van der Waals surface area contributed by atoms with Crippen LogP contribution in [0.4, 0.5) is 0 Å². The van der Waals surface area contributed by atoms with E-state index in [4.69, 9.17) is 11.6 Å². The summed E-state index contributed by atoms with van der Waals surface area (Å²) in [5.41, 5.74) is 1.83. The average Bonchev–Trinajstić information content (AvgIpc) is 2.30. The summed E-state index contributed by atoms with van der Waals surface area (Å²) in [4.78, 5) is 0. The fraction of sp³-hybridized carbons (Fsp3) is 0.667. The van der Waals surface area contributed by atoms with Crippen LogP contribution >= 0.6 is 11.6 Å². The Morgan fingerprint density at radius 2 is 1.69 bits per heavy atom. The van der Waals surface area contributed by atoms with Gasteiger partial charge in [0.15, 0.2) is 0 Å². The summed E-state index contributed by atoms with van der Waals surface area (Å²) in [5.74, 6) is 0.718. The van der Waals surface area contributed by atoms with E-state index in [1.54, 1.807) is 0 Å². The van der Waals surface area contributed by atoms with E-state index in [9.17, 15) is 0 Å². The summed E-state index contributed by atoms with van der Waals surface area (Å²) in [6.07, 6.45) is 0. The molecular formula is C9H14AgClN2. The van der Waals surface area contributed by atoms with E-state index >= 15 is 0 Å².